The fourth-order valence-corrected chi connectivity index (χ4v) is 8.08. The molecule has 250 valence electrons. The summed E-state index contributed by atoms with van der Waals surface area (Å²) in [5.74, 6) is -0.247. The van der Waals surface area contributed by atoms with E-state index >= 15 is 0 Å². The molecule has 0 aliphatic rings. The molecule has 3 aromatic heterocycles. The molecule has 0 N–H and O–H groups in total. The van der Waals surface area contributed by atoms with Crippen LogP contribution >= 0.6 is 0 Å². The summed E-state index contributed by atoms with van der Waals surface area (Å²) in [6.07, 6.45) is 0. The molecule has 0 saturated carbocycles. The fraction of sp³-hybridized carbons (Fsp3) is 0. The van der Waals surface area contributed by atoms with E-state index in [0.29, 0.717) is 0 Å². The lowest BCUT2D eigenvalue weighted by Crippen LogP contribution is -2.10. The lowest BCUT2D eigenvalue weighted by atomic mass is 10.0. The van der Waals surface area contributed by atoms with Crippen LogP contribution in [0, 0.1) is 5.82 Å². The van der Waals surface area contributed by atoms with Crippen LogP contribution in [0.3, 0.4) is 0 Å². The zero-order valence-corrected chi connectivity index (χ0v) is 28.3. The average molecular weight is 685 g/mol. The molecular weight excluding hydrogens is 656 g/mol. The third-order valence-corrected chi connectivity index (χ3v) is 10.5. The number of rotatable bonds is 5. The van der Waals surface area contributed by atoms with Gasteiger partial charge in [0, 0.05) is 38.3 Å². The molecule has 0 unspecified atom stereocenters. The van der Waals surface area contributed by atoms with Gasteiger partial charge in [0.15, 0.2) is 5.58 Å². The first-order valence-electron chi connectivity index (χ1n) is 17.7. The number of nitrogens with zero attached hydrogens (tertiary/aromatic N) is 2. The number of benzene rings is 8. The minimum atomic E-state index is -0.247. The van der Waals surface area contributed by atoms with Crippen LogP contribution < -0.4 is 4.90 Å². The molecule has 0 atom stereocenters. The molecule has 0 spiro atoms. The van der Waals surface area contributed by atoms with Crippen molar-refractivity contribution in [2.24, 2.45) is 0 Å². The molecule has 53 heavy (non-hydrogen) atoms. The summed E-state index contributed by atoms with van der Waals surface area (Å²) in [7, 11) is 0. The molecule has 3 heterocycles. The fourth-order valence-electron chi connectivity index (χ4n) is 8.08. The minimum Gasteiger partial charge on any atom is -0.456 e. The first kappa shape index (κ1) is 29.6. The van der Waals surface area contributed by atoms with E-state index in [1.165, 1.54) is 12.1 Å². The standard InChI is InChI=1S/C48H29FN2O2/c49-32-22-26-34(27-23-32)50-40-13-4-1-9-35(40)39-29-31(21-28-41(39)50)30-19-24-33(25-20-30)51(42-14-8-18-46-47(42)38-11-3-6-17-45(38)52-46)43-15-7-12-37-36-10-2-5-16-44(36)53-48(37)43/h1-29H. The number of halogens is 1. The number of hydrogen-bond donors (Lipinski definition) is 0. The quantitative estimate of drug-likeness (QED) is 0.181. The van der Waals surface area contributed by atoms with E-state index in [4.69, 9.17) is 8.83 Å². The molecule has 0 aliphatic carbocycles. The number of hydrogen-bond acceptors (Lipinski definition) is 3. The predicted octanol–water partition coefficient (Wildman–Crippen LogP) is 13.9. The van der Waals surface area contributed by atoms with Gasteiger partial charge in [0.25, 0.3) is 0 Å². The van der Waals surface area contributed by atoms with E-state index in [2.05, 4.69) is 125 Å². The van der Waals surface area contributed by atoms with E-state index in [1.807, 2.05) is 48.5 Å². The maximum absolute atomic E-state index is 13.9. The van der Waals surface area contributed by atoms with Gasteiger partial charge in [-0.2, -0.15) is 0 Å². The summed E-state index contributed by atoms with van der Waals surface area (Å²) in [6.45, 7) is 0. The smallest absolute Gasteiger partial charge is 0.159 e. The summed E-state index contributed by atoms with van der Waals surface area (Å²) in [4.78, 5) is 2.29. The van der Waals surface area contributed by atoms with Crippen molar-refractivity contribution < 1.29 is 13.2 Å². The van der Waals surface area contributed by atoms with Crippen LogP contribution in [0.2, 0.25) is 0 Å². The van der Waals surface area contributed by atoms with Crippen molar-refractivity contribution in [1.82, 2.24) is 4.57 Å². The zero-order valence-electron chi connectivity index (χ0n) is 28.3. The van der Waals surface area contributed by atoms with Gasteiger partial charge in [0.05, 0.1) is 27.8 Å². The van der Waals surface area contributed by atoms with Gasteiger partial charge in [0.2, 0.25) is 0 Å². The first-order chi connectivity index (χ1) is 26.2. The Morgan fingerprint density at radius 3 is 1.89 bits per heavy atom. The Labute approximate surface area is 303 Å². The highest BCUT2D eigenvalue weighted by Crippen LogP contribution is 2.46. The first-order valence-corrected chi connectivity index (χ1v) is 17.7. The third-order valence-electron chi connectivity index (χ3n) is 10.5. The summed E-state index contributed by atoms with van der Waals surface area (Å²) in [6, 6.07) is 59.4. The van der Waals surface area contributed by atoms with Gasteiger partial charge in [-0.3, -0.25) is 0 Å². The second kappa shape index (κ2) is 11.5. The van der Waals surface area contributed by atoms with Gasteiger partial charge in [0.1, 0.15) is 22.6 Å². The lowest BCUT2D eigenvalue weighted by Gasteiger charge is -2.26. The zero-order chi connectivity index (χ0) is 35.0. The van der Waals surface area contributed by atoms with Gasteiger partial charge >= 0.3 is 0 Å². The topological polar surface area (TPSA) is 34.5 Å². The van der Waals surface area contributed by atoms with Crippen molar-refractivity contribution in [3.8, 4) is 16.8 Å². The van der Waals surface area contributed by atoms with Crippen molar-refractivity contribution in [2.75, 3.05) is 4.90 Å². The highest BCUT2D eigenvalue weighted by molar-refractivity contribution is 6.16. The monoisotopic (exact) mass is 684 g/mol. The SMILES string of the molecule is Fc1ccc(-n2c3ccccc3c3cc(-c4ccc(N(c5cccc6c5oc5ccccc56)c5cccc6oc7ccccc7c56)cc4)ccc32)cc1. The lowest BCUT2D eigenvalue weighted by molar-refractivity contribution is 0.627. The molecule has 5 heteroatoms. The molecule has 0 fully saturated rings. The van der Waals surface area contributed by atoms with E-state index < -0.39 is 0 Å². The summed E-state index contributed by atoms with van der Waals surface area (Å²) < 4.78 is 29.0. The van der Waals surface area contributed by atoms with Gasteiger partial charge < -0.3 is 18.3 Å². The van der Waals surface area contributed by atoms with Crippen LogP contribution in [0.15, 0.2) is 185 Å². The highest BCUT2D eigenvalue weighted by atomic mass is 19.1. The molecule has 0 aliphatic heterocycles. The molecular formula is C48H29FN2O2. The third kappa shape index (κ3) is 4.54. The molecule has 11 aromatic rings. The molecule has 4 nitrogen and oxygen atoms in total. The van der Waals surface area contributed by atoms with Crippen molar-refractivity contribution >= 4 is 82.7 Å². The Morgan fingerprint density at radius 1 is 0.434 bits per heavy atom. The molecule has 8 aromatic carbocycles. The van der Waals surface area contributed by atoms with Crippen molar-refractivity contribution in [3.63, 3.8) is 0 Å². The van der Waals surface area contributed by atoms with Crippen LogP contribution in [0.5, 0.6) is 0 Å². The van der Waals surface area contributed by atoms with Gasteiger partial charge in [-0.25, -0.2) is 4.39 Å². The van der Waals surface area contributed by atoms with Crippen LogP contribution in [0.1, 0.15) is 0 Å². The maximum Gasteiger partial charge on any atom is 0.159 e. The Kier molecular flexibility index (Phi) is 6.40. The second-order valence-corrected chi connectivity index (χ2v) is 13.4. The number of para-hydroxylation sites is 4. The number of furan rings is 2. The highest BCUT2D eigenvalue weighted by Gasteiger charge is 2.23. The van der Waals surface area contributed by atoms with Crippen LogP contribution in [-0.4, -0.2) is 4.57 Å². The van der Waals surface area contributed by atoms with Gasteiger partial charge in [-0.15, -0.1) is 0 Å². The molecule has 0 radical (unpaired) electrons. The molecule has 0 amide bonds. The summed E-state index contributed by atoms with van der Waals surface area (Å²) >= 11 is 0. The molecule has 0 saturated heterocycles. The van der Waals surface area contributed by atoms with E-state index in [1.54, 1.807) is 0 Å². The van der Waals surface area contributed by atoms with Gasteiger partial charge in [-0.05, 0) is 96.1 Å². The number of aromatic nitrogens is 1. The Morgan fingerprint density at radius 2 is 1.06 bits per heavy atom. The van der Waals surface area contributed by atoms with Crippen molar-refractivity contribution in [1.29, 1.82) is 0 Å². The van der Waals surface area contributed by atoms with E-state index in [0.717, 1.165) is 99.6 Å². The Bertz CT molecular complexity index is 3190. The predicted molar refractivity (Wildman–Crippen MR) is 215 cm³/mol. The van der Waals surface area contributed by atoms with E-state index in [9.17, 15) is 4.39 Å². The second-order valence-electron chi connectivity index (χ2n) is 13.4. The summed E-state index contributed by atoms with van der Waals surface area (Å²) in [5.41, 5.74) is 11.6. The number of anilines is 3. The number of fused-ring (bicyclic) bond motifs is 9. The normalized spacial score (nSPS) is 11.9. The molecule has 11 rings (SSSR count). The van der Waals surface area contributed by atoms with Crippen LogP contribution in [0.25, 0.3) is 82.5 Å². The van der Waals surface area contributed by atoms with Crippen molar-refractivity contribution in [3.05, 3.63) is 182 Å². The maximum atomic E-state index is 13.9. The largest absolute Gasteiger partial charge is 0.456 e. The Hall–Kier alpha value is -7.11. The van der Waals surface area contributed by atoms with Crippen LogP contribution in [-0.2, 0) is 0 Å². The van der Waals surface area contributed by atoms with Gasteiger partial charge in [-0.1, -0.05) is 91.0 Å². The van der Waals surface area contributed by atoms with Crippen molar-refractivity contribution in [2.45, 2.75) is 0 Å². The Balaban J connectivity index is 1.09. The summed E-state index contributed by atoms with van der Waals surface area (Å²) in [5, 5.41) is 6.55. The molecule has 0 bridgehead atoms. The van der Waals surface area contributed by atoms with Crippen LogP contribution in [0.4, 0.5) is 21.5 Å². The minimum absolute atomic E-state index is 0.247. The van der Waals surface area contributed by atoms with E-state index in [-0.39, 0.29) is 5.82 Å². The average Bonchev–Trinajstić information content (AvgIpc) is 3.89.